The van der Waals surface area contributed by atoms with Gasteiger partial charge in [-0.3, -0.25) is 0 Å². The average Bonchev–Trinajstić information content (AvgIpc) is 2.23. The highest BCUT2D eigenvalue weighted by molar-refractivity contribution is 7.99. The van der Waals surface area contributed by atoms with Gasteiger partial charge in [0, 0.05) is 26.6 Å². The van der Waals surface area contributed by atoms with Gasteiger partial charge in [-0.25, -0.2) is 0 Å². The average molecular weight is 277 g/mol. The lowest BCUT2D eigenvalue weighted by molar-refractivity contribution is 0.156. The Morgan fingerprint density at radius 1 is 1.31 bits per heavy atom. The van der Waals surface area contributed by atoms with E-state index in [0.29, 0.717) is 16.0 Å². The van der Waals surface area contributed by atoms with Gasteiger partial charge >= 0.3 is 0 Å². The quantitative estimate of drug-likeness (QED) is 0.826. The number of halogens is 2. The minimum Gasteiger partial charge on any atom is -0.387 e. The third-order valence-corrected chi connectivity index (χ3v) is 5.26. The van der Waals surface area contributed by atoms with E-state index in [0.717, 1.165) is 16.9 Å². The third-order valence-electron chi connectivity index (χ3n) is 2.93. The topological polar surface area (TPSA) is 20.2 Å². The maximum Gasteiger partial charge on any atom is 0.0929 e. The molecule has 1 nitrogen and oxygen atoms in total. The van der Waals surface area contributed by atoms with E-state index in [4.69, 9.17) is 23.2 Å². The number of aliphatic hydroxyl groups is 1. The number of hydrogen-bond acceptors (Lipinski definition) is 2. The molecule has 0 saturated heterocycles. The van der Waals surface area contributed by atoms with Gasteiger partial charge in [-0.15, -0.1) is 0 Å². The normalized spacial score (nSPS) is 24.6. The Balaban J connectivity index is 2.48. The predicted molar refractivity (Wildman–Crippen MR) is 71.3 cm³/mol. The smallest absolute Gasteiger partial charge is 0.0929 e. The molecule has 2 atom stereocenters. The molecule has 0 spiro atoms. The Kier molecular flexibility index (Phi) is 3.75. The number of rotatable bonds is 1. The molecule has 0 bridgehead atoms. The van der Waals surface area contributed by atoms with Crippen LogP contribution in [0.15, 0.2) is 12.1 Å². The van der Waals surface area contributed by atoms with Gasteiger partial charge in [-0.2, -0.15) is 11.8 Å². The van der Waals surface area contributed by atoms with Crippen molar-refractivity contribution in [2.24, 2.45) is 5.92 Å². The van der Waals surface area contributed by atoms with E-state index in [1.54, 1.807) is 23.9 Å². The van der Waals surface area contributed by atoms with Gasteiger partial charge in [0.05, 0.1) is 6.10 Å². The van der Waals surface area contributed by atoms with Crippen molar-refractivity contribution in [3.05, 3.63) is 33.3 Å². The Morgan fingerprint density at radius 3 is 2.56 bits per heavy atom. The maximum atomic E-state index is 10.3. The summed E-state index contributed by atoms with van der Waals surface area (Å²) in [7, 11) is 0. The van der Waals surface area contributed by atoms with Gasteiger partial charge in [-0.05, 0) is 23.6 Å². The molecule has 0 radical (unpaired) electrons. The fourth-order valence-corrected chi connectivity index (χ4v) is 4.04. The summed E-state index contributed by atoms with van der Waals surface area (Å²) in [6.45, 7) is 4.23. The molecule has 2 rings (SSSR count). The molecular weight excluding hydrogens is 263 g/mol. The Morgan fingerprint density at radius 2 is 1.94 bits per heavy atom. The molecule has 88 valence electrons. The standard InChI is InChI=1S/C12H14Cl2OS/c1-6(2)12-11(15)10-7(5-16-12)8(13)3-4-9(10)14/h3-4,6,11-12,15H,5H2,1-2H3. The second-order valence-electron chi connectivity index (χ2n) is 4.39. The van der Waals surface area contributed by atoms with Crippen LogP contribution in [0.2, 0.25) is 10.0 Å². The van der Waals surface area contributed by atoms with Gasteiger partial charge in [0.2, 0.25) is 0 Å². The van der Waals surface area contributed by atoms with Crippen molar-refractivity contribution in [1.29, 1.82) is 0 Å². The predicted octanol–water partition coefficient (Wildman–Crippen LogP) is 4.30. The number of thioether (sulfide) groups is 1. The van der Waals surface area contributed by atoms with E-state index in [1.165, 1.54) is 0 Å². The van der Waals surface area contributed by atoms with E-state index in [2.05, 4.69) is 13.8 Å². The summed E-state index contributed by atoms with van der Waals surface area (Å²) in [6.07, 6.45) is -0.514. The monoisotopic (exact) mass is 276 g/mol. The van der Waals surface area contributed by atoms with Gasteiger partial charge in [0.25, 0.3) is 0 Å². The number of aliphatic hydroxyl groups excluding tert-OH is 1. The highest BCUT2D eigenvalue weighted by atomic mass is 35.5. The molecule has 1 N–H and O–H groups in total. The molecule has 2 unspecified atom stereocenters. The van der Waals surface area contributed by atoms with Crippen molar-refractivity contribution >= 4 is 35.0 Å². The summed E-state index contributed by atoms with van der Waals surface area (Å²) in [5, 5.41) is 11.9. The molecule has 0 aromatic heterocycles. The number of fused-ring (bicyclic) bond motifs is 1. The molecule has 1 aromatic carbocycles. The van der Waals surface area contributed by atoms with Crippen molar-refractivity contribution in [2.45, 2.75) is 31.0 Å². The first-order valence-electron chi connectivity index (χ1n) is 5.28. The SMILES string of the molecule is CC(C)C1SCc2c(Cl)ccc(Cl)c2C1O. The molecule has 0 saturated carbocycles. The van der Waals surface area contributed by atoms with E-state index < -0.39 is 6.10 Å². The lowest BCUT2D eigenvalue weighted by Crippen LogP contribution is -2.26. The van der Waals surface area contributed by atoms with Crippen LogP contribution >= 0.6 is 35.0 Å². The van der Waals surface area contributed by atoms with Gasteiger partial charge in [-0.1, -0.05) is 37.0 Å². The van der Waals surface area contributed by atoms with Gasteiger partial charge < -0.3 is 5.11 Å². The van der Waals surface area contributed by atoms with Crippen molar-refractivity contribution in [2.75, 3.05) is 0 Å². The lowest BCUT2D eigenvalue weighted by atomic mass is 9.95. The van der Waals surface area contributed by atoms with Crippen LogP contribution in [0.25, 0.3) is 0 Å². The fraction of sp³-hybridized carbons (Fsp3) is 0.500. The molecule has 0 amide bonds. The molecule has 1 aliphatic rings. The first-order valence-corrected chi connectivity index (χ1v) is 7.09. The Labute approximate surface area is 110 Å². The minimum atomic E-state index is -0.514. The first-order chi connectivity index (χ1) is 7.52. The number of benzene rings is 1. The minimum absolute atomic E-state index is 0.198. The molecule has 1 aromatic rings. The molecular formula is C12H14Cl2OS. The van der Waals surface area contributed by atoms with Crippen LogP contribution in [0.1, 0.15) is 31.1 Å². The van der Waals surface area contributed by atoms with Crippen LogP contribution in [0.4, 0.5) is 0 Å². The Bertz CT molecular complexity index is 406. The lowest BCUT2D eigenvalue weighted by Gasteiger charge is -2.33. The molecule has 1 aliphatic heterocycles. The number of hydrogen-bond donors (Lipinski definition) is 1. The Hall–Kier alpha value is 0.110. The molecule has 4 heteroatoms. The summed E-state index contributed by atoms with van der Waals surface area (Å²) in [5.41, 5.74) is 1.81. The van der Waals surface area contributed by atoms with Crippen LogP contribution < -0.4 is 0 Å². The zero-order valence-corrected chi connectivity index (χ0v) is 11.5. The molecule has 16 heavy (non-hydrogen) atoms. The third kappa shape index (κ3) is 2.08. The van der Waals surface area contributed by atoms with E-state index in [1.807, 2.05) is 0 Å². The zero-order chi connectivity index (χ0) is 11.9. The van der Waals surface area contributed by atoms with E-state index >= 15 is 0 Å². The second-order valence-corrected chi connectivity index (χ2v) is 6.37. The summed E-state index contributed by atoms with van der Waals surface area (Å²) < 4.78 is 0. The van der Waals surface area contributed by atoms with Gasteiger partial charge in [0.15, 0.2) is 0 Å². The molecule has 1 heterocycles. The van der Waals surface area contributed by atoms with Crippen LogP contribution in [0.3, 0.4) is 0 Å². The summed E-state index contributed by atoms with van der Waals surface area (Å²) in [4.78, 5) is 0. The largest absolute Gasteiger partial charge is 0.387 e. The summed E-state index contributed by atoms with van der Waals surface area (Å²) in [5.74, 6) is 1.25. The maximum absolute atomic E-state index is 10.3. The van der Waals surface area contributed by atoms with Crippen LogP contribution in [0.5, 0.6) is 0 Å². The highest BCUT2D eigenvalue weighted by Gasteiger charge is 2.33. The summed E-state index contributed by atoms with van der Waals surface area (Å²) in [6, 6.07) is 3.56. The van der Waals surface area contributed by atoms with E-state index in [-0.39, 0.29) is 5.25 Å². The van der Waals surface area contributed by atoms with Crippen molar-refractivity contribution in [3.8, 4) is 0 Å². The van der Waals surface area contributed by atoms with Crippen molar-refractivity contribution in [3.63, 3.8) is 0 Å². The first kappa shape index (κ1) is 12.6. The second kappa shape index (κ2) is 4.77. The summed E-state index contributed by atoms with van der Waals surface area (Å²) >= 11 is 14.0. The highest BCUT2D eigenvalue weighted by Crippen LogP contribution is 2.45. The fourth-order valence-electron chi connectivity index (χ4n) is 2.07. The molecule has 0 aliphatic carbocycles. The molecule has 0 fully saturated rings. The van der Waals surface area contributed by atoms with Crippen LogP contribution in [-0.2, 0) is 5.75 Å². The zero-order valence-electron chi connectivity index (χ0n) is 9.21. The van der Waals surface area contributed by atoms with E-state index in [9.17, 15) is 5.11 Å². The van der Waals surface area contributed by atoms with Gasteiger partial charge in [0.1, 0.15) is 0 Å². The van der Waals surface area contributed by atoms with Crippen LogP contribution in [0, 0.1) is 5.92 Å². The van der Waals surface area contributed by atoms with Crippen LogP contribution in [-0.4, -0.2) is 10.4 Å². The van der Waals surface area contributed by atoms with Crippen molar-refractivity contribution in [1.82, 2.24) is 0 Å². The van der Waals surface area contributed by atoms with Crippen molar-refractivity contribution < 1.29 is 5.11 Å².